The summed E-state index contributed by atoms with van der Waals surface area (Å²) in [6, 6.07) is 0. The van der Waals surface area contributed by atoms with Gasteiger partial charge in [-0.3, -0.25) is 9.88 Å². The molecule has 0 atom stereocenters. The van der Waals surface area contributed by atoms with Crippen LogP contribution in [-0.2, 0) is 11.3 Å². The minimum Gasteiger partial charge on any atom is -0.379 e. The highest BCUT2D eigenvalue weighted by Gasteiger charge is 2.12. The number of amidine groups is 1. The van der Waals surface area contributed by atoms with Crippen LogP contribution < -0.4 is 10.6 Å². The molecule has 0 unspecified atom stereocenters. The molecule has 2 aliphatic rings. The average molecular weight is 489 g/mol. The lowest BCUT2D eigenvalue weighted by molar-refractivity contribution is 0.0387. The van der Waals surface area contributed by atoms with Crippen molar-refractivity contribution >= 4 is 17.1 Å². The average Bonchev–Trinajstić information content (AvgIpc) is 3.51. The summed E-state index contributed by atoms with van der Waals surface area (Å²) in [5, 5.41) is 11.3. The lowest BCUT2D eigenvalue weighted by Gasteiger charge is -2.25. The van der Waals surface area contributed by atoms with E-state index >= 15 is 0 Å². The molecule has 1 saturated heterocycles. The van der Waals surface area contributed by atoms with Crippen LogP contribution in [0.5, 0.6) is 0 Å². The first kappa shape index (κ1) is 25.5. The standard InChI is InChI=1S/C27H36N8O/c1-4-9-22(10-7-6-8-12-34-14-16-36-17-15-34)26-27-32-25(33-35(27)13-11-28-26)20-30-23(5-2)18-24-19-29-21(3)31-24/h4-7,9-11,13,18,30H,8,12,14-17,19-20H2,1-3H3,(H,29,31)/b7-6+,9-4-,22-10+,23-5+,24-18+. The van der Waals surface area contributed by atoms with Gasteiger partial charge in [0.2, 0.25) is 0 Å². The third-order valence-electron chi connectivity index (χ3n) is 5.97. The summed E-state index contributed by atoms with van der Waals surface area (Å²) in [4.78, 5) is 16.4. The SMILES string of the molecule is C\C=C/C(=C\C=C\CCN1CCOCC1)c1nccn2nc(CNC(/C=C3\CNC(C)=N3)=C/C)nc12. The van der Waals surface area contributed by atoms with E-state index in [1.54, 1.807) is 10.7 Å². The van der Waals surface area contributed by atoms with E-state index in [1.165, 1.54) is 0 Å². The zero-order valence-electron chi connectivity index (χ0n) is 21.4. The molecule has 4 heterocycles. The molecule has 190 valence electrons. The highest BCUT2D eigenvalue weighted by molar-refractivity contribution is 5.83. The lowest BCUT2D eigenvalue weighted by Crippen LogP contribution is -2.36. The molecule has 0 spiro atoms. The van der Waals surface area contributed by atoms with Gasteiger partial charge in [-0.2, -0.15) is 0 Å². The number of hydrogen-bond donors (Lipinski definition) is 2. The van der Waals surface area contributed by atoms with Crippen molar-refractivity contribution in [2.24, 2.45) is 4.99 Å². The molecule has 0 bridgehead atoms. The zero-order chi connectivity index (χ0) is 25.2. The van der Waals surface area contributed by atoms with Gasteiger partial charge in [0, 0.05) is 43.3 Å². The first-order chi connectivity index (χ1) is 17.7. The molecule has 2 N–H and O–H groups in total. The number of fused-ring (bicyclic) bond motifs is 1. The van der Waals surface area contributed by atoms with Crippen LogP contribution in [0.1, 0.15) is 38.7 Å². The second-order valence-electron chi connectivity index (χ2n) is 8.65. The van der Waals surface area contributed by atoms with Gasteiger partial charge in [-0.25, -0.2) is 14.5 Å². The number of aromatic nitrogens is 4. The first-order valence-corrected chi connectivity index (χ1v) is 12.6. The van der Waals surface area contributed by atoms with Crippen LogP contribution in [0.25, 0.3) is 11.2 Å². The third kappa shape index (κ3) is 6.99. The van der Waals surface area contributed by atoms with Crippen LogP contribution in [-0.4, -0.2) is 69.7 Å². The van der Waals surface area contributed by atoms with Crippen molar-refractivity contribution in [1.82, 2.24) is 35.1 Å². The predicted octanol–water partition coefficient (Wildman–Crippen LogP) is 3.26. The summed E-state index contributed by atoms with van der Waals surface area (Å²) in [6.45, 7) is 12.0. The Bertz CT molecular complexity index is 1210. The Labute approximate surface area is 213 Å². The van der Waals surface area contributed by atoms with Crippen LogP contribution >= 0.6 is 0 Å². The number of rotatable bonds is 10. The zero-order valence-corrected chi connectivity index (χ0v) is 21.4. The van der Waals surface area contributed by atoms with Crippen LogP contribution in [0, 0.1) is 0 Å². The minimum atomic E-state index is 0.505. The topological polar surface area (TPSA) is 92.0 Å². The van der Waals surface area contributed by atoms with E-state index < -0.39 is 0 Å². The maximum Gasteiger partial charge on any atom is 0.182 e. The van der Waals surface area contributed by atoms with E-state index in [-0.39, 0.29) is 0 Å². The van der Waals surface area contributed by atoms with E-state index in [2.05, 4.69) is 54.9 Å². The van der Waals surface area contributed by atoms with E-state index in [9.17, 15) is 0 Å². The van der Waals surface area contributed by atoms with Gasteiger partial charge in [0.15, 0.2) is 11.5 Å². The molecular formula is C27H36N8O. The largest absolute Gasteiger partial charge is 0.379 e. The van der Waals surface area contributed by atoms with Crippen molar-refractivity contribution in [2.75, 3.05) is 39.4 Å². The van der Waals surface area contributed by atoms with Gasteiger partial charge in [-0.1, -0.05) is 36.5 Å². The molecular weight excluding hydrogens is 452 g/mol. The van der Waals surface area contributed by atoms with Crippen molar-refractivity contribution < 1.29 is 4.74 Å². The second-order valence-corrected chi connectivity index (χ2v) is 8.65. The Kier molecular flexibility index (Phi) is 9.18. The second kappa shape index (κ2) is 12.9. The maximum absolute atomic E-state index is 5.42. The van der Waals surface area contributed by atoms with Gasteiger partial charge in [-0.05, 0) is 33.3 Å². The van der Waals surface area contributed by atoms with Gasteiger partial charge in [0.1, 0.15) is 5.69 Å². The summed E-state index contributed by atoms with van der Waals surface area (Å²) in [6.07, 6.45) is 19.2. The van der Waals surface area contributed by atoms with E-state index in [1.807, 2.05) is 45.2 Å². The fourth-order valence-corrected chi connectivity index (χ4v) is 4.08. The monoisotopic (exact) mass is 488 g/mol. The number of nitrogens with one attached hydrogen (secondary N) is 2. The maximum atomic E-state index is 5.42. The number of ether oxygens (including phenoxy) is 1. The number of allylic oxidation sites excluding steroid dienone is 7. The van der Waals surface area contributed by atoms with Crippen LogP contribution in [0.3, 0.4) is 0 Å². The molecule has 9 heteroatoms. The van der Waals surface area contributed by atoms with E-state index in [0.29, 0.717) is 12.4 Å². The molecule has 0 aromatic carbocycles. The summed E-state index contributed by atoms with van der Waals surface area (Å²) >= 11 is 0. The molecule has 0 radical (unpaired) electrons. The van der Waals surface area contributed by atoms with Gasteiger partial charge < -0.3 is 15.4 Å². The number of morpholine rings is 1. The number of aliphatic imine (C=N–C) groups is 1. The summed E-state index contributed by atoms with van der Waals surface area (Å²) < 4.78 is 7.21. The van der Waals surface area contributed by atoms with Crippen molar-refractivity contribution in [2.45, 2.75) is 33.7 Å². The van der Waals surface area contributed by atoms with Crippen molar-refractivity contribution in [3.63, 3.8) is 0 Å². The molecule has 9 nitrogen and oxygen atoms in total. The van der Waals surface area contributed by atoms with Crippen LogP contribution in [0.15, 0.2) is 71.3 Å². The predicted molar refractivity (Wildman–Crippen MR) is 144 cm³/mol. The Morgan fingerprint density at radius 3 is 2.86 bits per heavy atom. The Morgan fingerprint density at radius 2 is 2.11 bits per heavy atom. The van der Waals surface area contributed by atoms with Crippen molar-refractivity contribution in [3.8, 4) is 0 Å². The van der Waals surface area contributed by atoms with E-state index in [4.69, 9.17) is 9.72 Å². The Morgan fingerprint density at radius 1 is 1.25 bits per heavy atom. The third-order valence-corrected chi connectivity index (χ3v) is 5.97. The highest BCUT2D eigenvalue weighted by Crippen LogP contribution is 2.19. The first-order valence-electron chi connectivity index (χ1n) is 12.6. The fraction of sp³-hybridized carbons (Fsp3) is 0.407. The van der Waals surface area contributed by atoms with Gasteiger partial charge in [0.05, 0.1) is 37.8 Å². The summed E-state index contributed by atoms with van der Waals surface area (Å²) in [7, 11) is 0. The molecule has 0 aliphatic carbocycles. The Hall–Kier alpha value is -3.56. The molecule has 2 aromatic heterocycles. The van der Waals surface area contributed by atoms with Gasteiger partial charge in [-0.15, -0.1) is 5.10 Å². The minimum absolute atomic E-state index is 0.505. The van der Waals surface area contributed by atoms with Crippen LogP contribution in [0.4, 0.5) is 0 Å². The fourth-order valence-electron chi connectivity index (χ4n) is 4.08. The molecule has 2 aliphatic heterocycles. The smallest absolute Gasteiger partial charge is 0.182 e. The number of nitrogens with zero attached hydrogens (tertiary/aromatic N) is 6. The molecule has 36 heavy (non-hydrogen) atoms. The summed E-state index contributed by atoms with van der Waals surface area (Å²) in [5.41, 5.74) is 4.53. The van der Waals surface area contributed by atoms with Gasteiger partial charge in [0.25, 0.3) is 0 Å². The molecule has 1 fully saturated rings. The van der Waals surface area contributed by atoms with Gasteiger partial charge >= 0.3 is 0 Å². The lowest BCUT2D eigenvalue weighted by atomic mass is 10.1. The quantitative estimate of drug-likeness (QED) is 0.496. The molecule has 4 rings (SSSR count). The van der Waals surface area contributed by atoms with Crippen LogP contribution in [0.2, 0.25) is 0 Å². The number of hydrogen-bond acceptors (Lipinski definition) is 8. The molecule has 0 saturated carbocycles. The normalized spacial score (nSPS) is 19.1. The van der Waals surface area contributed by atoms with Crippen molar-refractivity contribution in [1.29, 1.82) is 0 Å². The summed E-state index contributed by atoms with van der Waals surface area (Å²) in [5.74, 6) is 1.64. The van der Waals surface area contributed by atoms with Crippen molar-refractivity contribution in [3.05, 3.63) is 77.8 Å². The van der Waals surface area contributed by atoms with E-state index in [0.717, 1.165) is 80.0 Å². The highest BCUT2D eigenvalue weighted by atomic mass is 16.5. The Balaban J connectivity index is 1.44. The molecule has 0 amide bonds. The molecule has 2 aromatic rings.